The van der Waals surface area contributed by atoms with E-state index in [0.717, 1.165) is 5.56 Å². The number of carbonyl (C=O) groups is 2. The third-order valence-electron chi connectivity index (χ3n) is 3.89. The lowest BCUT2D eigenvalue weighted by atomic mass is 10.2. The summed E-state index contributed by atoms with van der Waals surface area (Å²) in [5.41, 5.74) is 1.17. The van der Waals surface area contributed by atoms with Gasteiger partial charge in [-0.1, -0.05) is 48.5 Å². The van der Waals surface area contributed by atoms with Gasteiger partial charge in [0, 0.05) is 0 Å². The highest BCUT2D eigenvalue weighted by Gasteiger charge is 2.34. The fourth-order valence-electron chi connectivity index (χ4n) is 2.45. The molecule has 2 amide bonds. The molecule has 25 heavy (non-hydrogen) atoms. The highest BCUT2D eigenvalue weighted by atomic mass is 16.6. The molecule has 0 fully saturated rings. The number of nitrogens with one attached hydrogen (secondary N) is 1. The molecule has 0 bridgehead atoms. The lowest BCUT2D eigenvalue weighted by molar-refractivity contribution is -0.129. The molecule has 0 spiro atoms. The van der Waals surface area contributed by atoms with Gasteiger partial charge in [0.15, 0.2) is 0 Å². The minimum Gasteiger partial charge on any atom is -0.620 e. The molecule has 0 aliphatic carbocycles. The minimum atomic E-state index is -1.14. The molecule has 0 aromatic heterocycles. The molecule has 0 saturated carbocycles. The number of amides is 2. The van der Waals surface area contributed by atoms with Crippen LogP contribution in [0, 0.1) is 5.21 Å². The van der Waals surface area contributed by atoms with Crippen LogP contribution in [0.4, 0.5) is 10.5 Å². The number of hydrogen-bond acceptors (Lipinski definition) is 4. The third-order valence-corrected chi connectivity index (χ3v) is 3.89. The average Bonchev–Trinajstić information content (AvgIpc) is 2.66. The maximum Gasteiger partial charge on any atom is 0.408 e. The van der Waals surface area contributed by atoms with E-state index in [1.54, 1.807) is 37.3 Å². The number of quaternary nitrogens is 1. The summed E-state index contributed by atoms with van der Waals surface area (Å²) >= 11 is 0. The largest absolute Gasteiger partial charge is 0.620 e. The van der Waals surface area contributed by atoms with Gasteiger partial charge >= 0.3 is 12.0 Å². The van der Waals surface area contributed by atoms with Gasteiger partial charge in [-0.25, -0.2) is 9.59 Å². The molecule has 2 rings (SSSR count). The molecule has 1 N–H and O–H groups in total. The number of carbonyl (C=O) groups excluding carboxylic acids is 2. The van der Waals surface area contributed by atoms with Crippen molar-refractivity contribution in [2.75, 3.05) is 6.54 Å². The summed E-state index contributed by atoms with van der Waals surface area (Å²) < 4.78 is 3.95. The predicted octanol–water partition coefficient (Wildman–Crippen LogP) is 3.35. The maximum absolute atomic E-state index is 13.0. The van der Waals surface area contributed by atoms with Gasteiger partial charge < -0.3 is 15.3 Å². The van der Waals surface area contributed by atoms with Crippen molar-refractivity contribution in [2.45, 2.75) is 26.5 Å². The van der Waals surface area contributed by atoms with Gasteiger partial charge in [0.1, 0.15) is 18.3 Å². The normalized spacial score (nSPS) is 14.2. The van der Waals surface area contributed by atoms with E-state index in [1.165, 1.54) is 6.92 Å². The number of rotatable bonds is 6. The van der Waals surface area contributed by atoms with E-state index in [9.17, 15) is 14.8 Å². The van der Waals surface area contributed by atoms with E-state index < -0.39 is 22.7 Å². The number of benzene rings is 2. The molecule has 0 heterocycles. The summed E-state index contributed by atoms with van der Waals surface area (Å²) in [4.78, 5) is 24.5. The molecule has 2 unspecified atom stereocenters. The topological polar surface area (TPSA) is 78.5 Å². The fraction of sp³-hybridized carbons (Fsp3) is 0.263. The number of nitrogens with zero attached hydrogens (tertiary/aromatic N) is 1. The van der Waals surface area contributed by atoms with Crippen LogP contribution in [0.1, 0.15) is 19.4 Å². The first-order valence-electron chi connectivity index (χ1n) is 8.13. The van der Waals surface area contributed by atoms with E-state index in [0.29, 0.717) is 5.69 Å². The van der Waals surface area contributed by atoms with Crippen molar-refractivity contribution in [1.29, 1.82) is 0 Å². The Bertz CT molecular complexity index is 706. The molecular formula is C19H22N2O4. The summed E-state index contributed by atoms with van der Waals surface area (Å²) in [5.74, 6) is -0.648. The van der Waals surface area contributed by atoms with Crippen molar-refractivity contribution in [3.05, 3.63) is 71.4 Å². The predicted molar refractivity (Wildman–Crippen MR) is 96.4 cm³/mol. The highest BCUT2D eigenvalue weighted by molar-refractivity contribution is 5.94. The number of likely N-dealkylation sites (N-methyl/N-ethyl adjacent to an activating group) is 1. The molecule has 132 valence electrons. The maximum atomic E-state index is 13.0. The Balaban J connectivity index is 1.97. The van der Waals surface area contributed by atoms with Crippen LogP contribution in [0.2, 0.25) is 0 Å². The average molecular weight is 342 g/mol. The van der Waals surface area contributed by atoms with Gasteiger partial charge in [0.2, 0.25) is 0 Å². The Kier molecular flexibility index (Phi) is 6.27. The summed E-state index contributed by atoms with van der Waals surface area (Å²) in [7, 11) is 0. The van der Waals surface area contributed by atoms with Gasteiger partial charge in [0.05, 0.1) is 6.54 Å². The first-order chi connectivity index (χ1) is 12.0. The number of hydrogen-bond donors (Lipinski definition) is 1. The molecule has 2 aromatic rings. The van der Waals surface area contributed by atoms with E-state index in [-0.39, 0.29) is 13.2 Å². The molecule has 2 atom stereocenters. The van der Waals surface area contributed by atoms with Gasteiger partial charge in [-0.15, -0.1) is 0 Å². The van der Waals surface area contributed by atoms with Crippen LogP contribution in [-0.2, 0) is 16.1 Å². The summed E-state index contributed by atoms with van der Waals surface area (Å²) in [6.07, 6.45) is -0.736. The minimum absolute atomic E-state index is 0.0356. The van der Waals surface area contributed by atoms with Crippen LogP contribution in [0.5, 0.6) is 0 Å². The molecule has 0 aliphatic heterocycles. The molecule has 0 aliphatic rings. The summed E-state index contributed by atoms with van der Waals surface area (Å²) in [6.45, 7) is 3.25. The van der Waals surface area contributed by atoms with Gasteiger partial charge in [-0.05, 0) is 31.5 Å². The molecule has 6 nitrogen and oxygen atoms in total. The zero-order valence-corrected chi connectivity index (χ0v) is 14.3. The van der Waals surface area contributed by atoms with Gasteiger partial charge in [-0.2, -0.15) is 0 Å². The Hall–Kier alpha value is -2.70. The monoisotopic (exact) mass is 342 g/mol. The highest BCUT2D eigenvalue weighted by Crippen LogP contribution is 2.22. The van der Waals surface area contributed by atoms with Crippen LogP contribution in [-0.4, -0.2) is 24.6 Å². The summed E-state index contributed by atoms with van der Waals surface area (Å²) in [5, 5.41) is 15.4. The van der Waals surface area contributed by atoms with Crippen LogP contribution < -0.4 is 9.96 Å². The first-order valence-corrected chi connectivity index (χ1v) is 8.13. The second-order valence-corrected chi connectivity index (χ2v) is 5.66. The lowest BCUT2D eigenvalue weighted by Crippen LogP contribution is -2.57. The fourth-order valence-corrected chi connectivity index (χ4v) is 2.45. The van der Waals surface area contributed by atoms with Crippen molar-refractivity contribution < 1.29 is 14.3 Å². The first kappa shape index (κ1) is 18.6. The molecule has 0 radical (unpaired) electrons. The molecule has 2 aromatic carbocycles. The Morgan fingerprint density at radius 2 is 1.64 bits per heavy atom. The second kappa shape index (κ2) is 8.41. The SMILES string of the molecule is CC[N+]([O-])(C(=O)C(C)NC(=O)OCc1ccccc1)c1ccccc1. The lowest BCUT2D eigenvalue weighted by Gasteiger charge is -2.39. The van der Waals surface area contributed by atoms with E-state index in [1.807, 2.05) is 30.3 Å². The Labute approximate surface area is 147 Å². The Morgan fingerprint density at radius 1 is 1.08 bits per heavy atom. The zero-order chi connectivity index (χ0) is 18.3. The zero-order valence-electron chi connectivity index (χ0n) is 14.3. The van der Waals surface area contributed by atoms with Crippen molar-refractivity contribution in [2.24, 2.45) is 0 Å². The number of para-hydroxylation sites is 1. The quantitative estimate of drug-likeness (QED) is 0.645. The van der Waals surface area contributed by atoms with Crippen molar-refractivity contribution >= 4 is 17.7 Å². The summed E-state index contributed by atoms with van der Waals surface area (Å²) in [6, 6.07) is 16.6. The Morgan fingerprint density at radius 3 is 2.20 bits per heavy atom. The molecule has 0 saturated heterocycles. The van der Waals surface area contributed by atoms with Gasteiger partial charge in [-0.3, -0.25) is 4.65 Å². The molecule has 6 heteroatoms. The smallest absolute Gasteiger partial charge is 0.408 e. The van der Waals surface area contributed by atoms with Crippen LogP contribution in [0.25, 0.3) is 0 Å². The number of hydroxylamine groups is 2. The standard InChI is InChI=1S/C19H22N2O4/c1-3-21(24,17-12-8-5-9-13-17)18(22)15(2)20-19(23)25-14-16-10-6-4-7-11-16/h4-13,15H,3,14H2,1-2H3,(H,20,23). The molecular weight excluding hydrogens is 320 g/mol. The van der Waals surface area contributed by atoms with Crippen LogP contribution in [0.3, 0.4) is 0 Å². The van der Waals surface area contributed by atoms with Crippen molar-refractivity contribution in [3.8, 4) is 0 Å². The number of alkyl carbamates (subject to hydrolysis) is 1. The van der Waals surface area contributed by atoms with Crippen LogP contribution >= 0.6 is 0 Å². The van der Waals surface area contributed by atoms with E-state index in [4.69, 9.17) is 4.74 Å². The van der Waals surface area contributed by atoms with Crippen LogP contribution in [0.15, 0.2) is 60.7 Å². The van der Waals surface area contributed by atoms with E-state index in [2.05, 4.69) is 5.32 Å². The number of ether oxygens (including phenoxy) is 1. The van der Waals surface area contributed by atoms with E-state index >= 15 is 0 Å². The van der Waals surface area contributed by atoms with Crippen molar-refractivity contribution in [3.63, 3.8) is 0 Å². The van der Waals surface area contributed by atoms with Crippen molar-refractivity contribution in [1.82, 2.24) is 9.96 Å². The third kappa shape index (κ3) is 4.65. The van der Waals surface area contributed by atoms with Gasteiger partial charge in [0.25, 0.3) is 0 Å². The second-order valence-electron chi connectivity index (χ2n) is 5.66.